The fourth-order valence-electron chi connectivity index (χ4n) is 1.74. The van der Waals surface area contributed by atoms with Gasteiger partial charge >= 0.3 is 11.2 Å². The molecule has 0 atom stereocenters. The van der Waals surface area contributed by atoms with Gasteiger partial charge in [-0.2, -0.15) is 0 Å². The zero-order chi connectivity index (χ0) is 15.6. The number of nitro groups is 1. The minimum atomic E-state index is -0.993. The van der Waals surface area contributed by atoms with Crippen molar-refractivity contribution in [3.8, 4) is 0 Å². The molecular formula is C13H8F2N2O4. The summed E-state index contributed by atoms with van der Waals surface area (Å²) in [5.74, 6) is -2.60. The maximum Gasteiger partial charge on any atom is 0.334 e. The van der Waals surface area contributed by atoms with E-state index in [1.807, 2.05) is 0 Å². The van der Waals surface area contributed by atoms with E-state index in [0.717, 1.165) is 29.0 Å². The first-order chi connectivity index (χ1) is 9.90. The largest absolute Gasteiger partial charge is 0.334 e. The summed E-state index contributed by atoms with van der Waals surface area (Å²) in [4.78, 5) is 33.4. The van der Waals surface area contributed by atoms with Gasteiger partial charge in [-0.25, -0.2) is 8.78 Å². The Balaban J connectivity index is 2.37. The van der Waals surface area contributed by atoms with Crippen LogP contribution in [0.25, 0.3) is 0 Å². The minimum absolute atomic E-state index is 0.520. The second-order valence-electron chi connectivity index (χ2n) is 4.13. The van der Waals surface area contributed by atoms with E-state index in [1.165, 1.54) is 6.07 Å². The molecule has 1 aromatic carbocycles. The second-order valence-corrected chi connectivity index (χ2v) is 4.13. The number of aromatic nitrogens is 1. The van der Waals surface area contributed by atoms with Crippen LogP contribution in [0.1, 0.15) is 10.4 Å². The van der Waals surface area contributed by atoms with E-state index in [-0.39, 0.29) is 0 Å². The van der Waals surface area contributed by atoms with Crippen molar-refractivity contribution in [2.24, 2.45) is 0 Å². The van der Waals surface area contributed by atoms with Gasteiger partial charge in [-0.3, -0.25) is 19.7 Å². The SMILES string of the molecule is O=C(Cn1cccc([N+](=O)[O-])c1=O)c1cc(F)ccc1F. The summed E-state index contributed by atoms with van der Waals surface area (Å²) in [6.07, 6.45) is 1.16. The zero-order valence-corrected chi connectivity index (χ0v) is 10.5. The molecule has 0 saturated heterocycles. The molecule has 2 aromatic rings. The number of carbonyl (C=O) groups excluding carboxylic acids is 1. The van der Waals surface area contributed by atoms with E-state index in [2.05, 4.69) is 0 Å². The highest BCUT2D eigenvalue weighted by atomic mass is 19.1. The summed E-state index contributed by atoms with van der Waals surface area (Å²) in [7, 11) is 0. The third kappa shape index (κ3) is 2.99. The highest BCUT2D eigenvalue weighted by Gasteiger charge is 2.18. The lowest BCUT2D eigenvalue weighted by Gasteiger charge is -2.05. The lowest BCUT2D eigenvalue weighted by atomic mass is 10.1. The molecule has 0 aliphatic carbocycles. The number of halogens is 2. The van der Waals surface area contributed by atoms with Gasteiger partial charge in [-0.05, 0) is 24.3 Å². The Hall–Kier alpha value is -2.90. The molecule has 0 radical (unpaired) electrons. The van der Waals surface area contributed by atoms with Gasteiger partial charge in [0.25, 0.3) is 0 Å². The van der Waals surface area contributed by atoms with Crippen molar-refractivity contribution in [1.29, 1.82) is 0 Å². The van der Waals surface area contributed by atoms with Gasteiger partial charge in [0.15, 0.2) is 5.78 Å². The first kappa shape index (κ1) is 14.5. The van der Waals surface area contributed by atoms with E-state index in [1.54, 1.807) is 0 Å². The molecule has 0 aliphatic heterocycles. The number of carbonyl (C=O) groups is 1. The Morgan fingerprint density at radius 2 is 2.00 bits per heavy atom. The molecule has 0 aliphatic rings. The molecular weight excluding hydrogens is 286 g/mol. The van der Waals surface area contributed by atoms with Crippen molar-refractivity contribution in [2.75, 3.05) is 0 Å². The standard InChI is InChI=1S/C13H8F2N2O4/c14-8-3-4-10(15)9(6-8)12(18)7-16-5-1-2-11(13(16)19)17(20)21/h1-6H,7H2. The van der Waals surface area contributed by atoms with Gasteiger partial charge in [-0.1, -0.05) is 0 Å². The Bertz CT molecular complexity index is 786. The average molecular weight is 294 g/mol. The van der Waals surface area contributed by atoms with Crippen LogP contribution < -0.4 is 5.56 Å². The lowest BCUT2D eigenvalue weighted by Crippen LogP contribution is -2.25. The van der Waals surface area contributed by atoms with Crippen LogP contribution >= 0.6 is 0 Å². The van der Waals surface area contributed by atoms with E-state index in [9.17, 15) is 28.5 Å². The van der Waals surface area contributed by atoms with Gasteiger partial charge in [-0.15, -0.1) is 0 Å². The van der Waals surface area contributed by atoms with Crippen LogP contribution in [0.15, 0.2) is 41.3 Å². The number of pyridine rings is 1. The molecule has 21 heavy (non-hydrogen) atoms. The molecule has 1 aromatic heterocycles. The van der Waals surface area contributed by atoms with Crippen molar-refractivity contribution >= 4 is 11.5 Å². The molecule has 8 heteroatoms. The smallest absolute Gasteiger partial charge is 0.302 e. The first-order valence-corrected chi connectivity index (χ1v) is 5.72. The number of Topliss-reactive ketones (excluding diaryl/α,β-unsaturated/α-hetero) is 1. The van der Waals surface area contributed by atoms with Gasteiger partial charge in [0.05, 0.1) is 17.0 Å². The van der Waals surface area contributed by atoms with E-state index in [0.29, 0.717) is 6.07 Å². The summed E-state index contributed by atoms with van der Waals surface area (Å²) in [5, 5.41) is 10.6. The fraction of sp³-hybridized carbons (Fsp3) is 0.0769. The molecule has 0 saturated carbocycles. The molecule has 0 fully saturated rings. The molecule has 2 rings (SSSR count). The number of nitrogens with zero attached hydrogens (tertiary/aromatic N) is 2. The predicted octanol–water partition coefficient (Wildman–Crippen LogP) is 1.92. The fourth-order valence-corrected chi connectivity index (χ4v) is 1.74. The maximum atomic E-state index is 13.4. The van der Waals surface area contributed by atoms with Crippen molar-refractivity contribution in [2.45, 2.75) is 6.54 Å². The van der Waals surface area contributed by atoms with Crippen LogP contribution in [-0.4, -0.2) is 15.3 Å². The van der Waals surface area contributed by atoms with Crippen LogP contribution in [0, 0.1) is 21.7 Å². The number of benzene rings is 1. The molecule has 0 bridgehead atoms. The third-order valence-corrected chi connectivity index (χ3v) is 2.74. The summed E-state index contributed by atoms with van der Waals surface area (Å²) in [5.41, 5.74) is -2.22. The Morgan fingerprint density at radius 3 is 2.67 bits per heavy atom. The zero-order valence-electron chi connectivity index (χ0n) is 10.5. The van der Waals surface area contributed by atoms with Gasteiger partial charge in [0.1, 0.15) is 11.6 Å². The summed E-state index contributed by atoms with van der Waals surface area (Å²) in [6, 6.07) is 4.56. The summed E-state index contributed by atoms with van der Waals surface area (Å²) < 4.78 is 27.2. The number of rotatable bonds is 4. The van der Waals surface area contributed by atoms with E-state index in [4.69, 9.17) is 0 Å². The third-order valence-electron chi connectivity index (χ3n) is 2.74. The van der Waals surface area contributed by atoms with Gasteiger partial charge in [0.2, 0.25) is 0 Å². The van der Waals surface area contributed by atoms with Crippen molar-refractivity contribution < 1.29 is 18.5 Å². The lowest BCUT2D eigenvalue weighted by molar-refractivity contribution is -0.386. The van der Waals surface area contributed by atoms with Crippen LogP contribution in [0.5, 0.6) is 0 Å². The number of hydrogen-bond donors (Lipinski definition) is 0. The molecule has 0 amide bonds. The normalized spacial score (nSPS) is 10.4. The van der Waals surface area contributed by atoms with Crippen LogP contribution in [-0.2, 0) is 6.54 Å². The van der Waals surface area contributed by atoms with Crippen LogP contribution in [0.4, 0.5) is 14.5 Å². The van der Waals surface area contributed by atoms with Gasteiger partial charge in [0, 0.05) is 12.3 Å². The topological polar surface area (TPSA) is 82.2 Å². The quantitative estimate of drug-likeness (QED) is 0.490. The Labute approximate surface area is 116 Å². The molecule has 1 heterocycles. The van der Waals surface area contributed by atoms with Crippen molar-refractivity contribution in [3.63, 3.8) is 0 Å². The average Bonchev–Trinajstić information content (AvgIpc) is 2.43. The van der Waals surface area contributed by atoms with Crippen LogP contribution in [0.3, 0.4) is 0 Å². The Kier molecular flexibility index (Phi) is 3.88. The van der Waals surface area contributed by atoms with E-state index < -0.39 is 45.7 Å². The highest BCUT2D eigenvalue weighted by molar-refractivity contribution is 5.96. The van der Waals surface area contributed by atoms with E-state index >= 15 is 0 Å². The predicted molar refractivity (Wildman–Crippen MR) is 68.0 cm³/mol. The molecule has 6 nitrogen and oxygen atoms in total. The molecule has 108 valence electrons. The second kappa shape index (κ2) is 5.61. The maximum absolute atomic E-state index is 13.4. The molecule has 0 unspecified atom stereocenters. The Morgan fingerprint density at radius 1 is 1.29 bits per heavy atom. The molecule has 0 spiro atoms. The summed E-state index contributed by atoms with van der Waals surface area (Å²) >= 11 is 0. The van der Waals surface area contributed by atoms with Crippen molar-refractivity contribution in [1.82, 2.24) is 4.57 Å². The van der Waals surface area contributed by atoms with Crippen LogP contribution in [0.2, 0.25) is 0 Å². The number of hydrogen-bond acceptors (Lipinski definition) is 4. The molecule has 0 N–H and O–H groups in total. The monoisotopic (exact) mass is 294 g/mol. The number of ketones is 1. The minimum Gasteiger partial charge on any atom is -0.302 e. The van der Waals surface area contributed by atoms with Crippen molar-refractivity contribution in [3.05, 3.63) is 74.2 Å². The first-order valence-electron chi connectivity index (χ1n) is 5.72. The summed E-state index contributed by atoms with van der Waals surface area (Å²) in [6.45, 7) is -0.624. The van der Waals surface area contributed by atoms with Gasteiger partial charge < -0.3 is 4.57 Å². The highest BCUT2D eigenvalue weighted by Crippen LogP contribution is 2.11.